The SMILES string of the molecule is CN(C)C(=O)NCc1cn(CC(=O)O)nn1. The van der Waals surface area contributed by atoms with Crippen molar-refractivity contribution in [1.29, 1.82) is 0 Å². The van der Waals surface area contributed by atoms with E-state index >= 15 is 0 Å². The summed E-state index contributed by atoms with van der Waals surface area (Å²) in [5.41, 5.74) is 0.511. The normalized spacial score (nSPS) is 9.88. The maximum Gasteiger partial charge on any atom is 0.325 e. The van der Waals surface area contributed by atoms with Crippen LogP contribution in [0.2, 0.25) is 0 Å². The molecule has 0 unspecified atom stereocenters. The molecule has 1 rings (SSSR count). The van der Waals surface area contributed by atoms with Crippen molar-refractivity contribution in [3.05, 3.63) is 11.9 Å². The van der Waals surface area contributed by atoms with Gasteiger partial charge in [0, 0.05) is 14.1 Å². The average Bonchev–Trinajstić information content (AvgIpc) is 2.60. The second-order valence-corrected chi connectivity index (χ2v) is 3.35. The van der Waals surface area contributed by atoms with E-state index in [2.05, 4.69) is 15.6 Å². The van der Waals surface area contributed by atoms with E-state index in [1.807, 2.05) is 0 Å². The zero-order chi connectivity index (χ0) is 12.1. The number of hydrogen-bond donors (Lipinski definition) is 2. The van der Waals surface area contributed by atoms with E-state index in [-0.39, 0.29) is 19.1 Å². The van der Waals surface area contributed by atoms with E-state index in [9.17, 15) is 9.59 Å². The first-order chi connectivity index (χ1) is 7.49. The van der Waals surface area contributed by atoms with Gasteiger partial charge in [0.25, 0.3) is 0 Å². The molecule has 2 amide bonds. The molecule has 0 atom stereocenters. The van der Waals surface area contributed by atoms with Crippen LogP contribution in [0.4, 0.5) is 4.79 Å². The van der Waals surface area contributed by atoms with Gasteiger partial charge in [0.2, 0.25) is 0 Å². The Hall–Kier alpha value is -2.12. The summed E-state index contributed by atoms with van der Waals surface area (Å²) >= 11 is 0. The van der Waals surface area contributed by atoms with Crippen molar-refractivity contribution in [3.8, 4) is 0 Å². The number of rotatable bonds is 4. The third-order valence-corrected chi connectivity index (χ3v) is 1.71. The van der Waals surface area contributed by atoms with Crippen molar-refractivity contribution in [2.45, 2.75) is 13.1 Å². The van der Waals surface area contributed by atoms with Crippen LogP contribution >= 0.6 is 0 Å². The van der Waals surface area contributed by atoms with Crippen molar-refractivity contribution in [2.24, 2.45) is 0 Å². The van der Waals surface area contributed by atoms with Crippen LogP contribution in [0, 0.1) is 0 Å². The molecule has 0 spiro atoms. The highest BCUT2D eigenvalue weighted by Gasteiger charge is 2.06. The minimum absolute atomic E-state index is 0.219. The van der Waals surface area contributed by atoms with Gasteiger partial charge in [-0.25, -0.2) is 9.48 Å². The Labute approximate surface area is 91.8 Å². The molecule has 0 saturated carbocycles. The van der Waals surface area contributed by atoms with Crippen LogP contribution in [0.15, 0.2) is 6.20 Å². The maximum atomic E-state index is 11.2. The van der Waals surface area contributed by atoms with Crippen LogP contribution in [0.3, 0.4) is 0 Å². The Kier molecular flexibility index (Phi) is 3.81. The van der Waals surface area contributed by atoms with Gasteiger partial charge in [0.1, 0.15) is 12.2 Å². The van der Waals surface area contributed by atoms with Gasteiger partial charge in [-0.2, -0.15) is 0 Å². The predicted molar refractivity (Wildman–Crippen MR) is 53.6 cm³/mol. The van der Waals surface area contributed by atoms with E-state index < -0.39 is 5.97 Å². The number of carboxylic acid groups (broad SMARTS) is 1. The highest BCUT2D eigenvalue weighted by Crippen LogP contribution is 1.93. The van der Waals surface area contributed by atoms with E-state index in [0.717, 1.165) is 0 Å². The van der Waals surface area contributed by atoms with Crippen molar-refractivity contribution in [3.63, 3.8) is 0 Å². The fourth-order valence-electron chi connectivity index (χ4n) is 0.960. The first-order valence-corrected chi connectivity index (χ1v) is 4.55. The van der Waals surface area contributed by atoms with Crippen molar-refractivity contribution >= 4 is 12.0 Å². The number of nitrogens with zero attached hydrogens (tertiary/aromatic N) is 4. The fraction of sp³-hybridized carbons (Fsp3) is 0.500. The standard InChI is InChI=1S/C8H13N5O3/c1-12(2)8(16)9-3-6-4-13(11-10-6)5-7(14)15/h4H,3,5H2,1-2H3,(H,9,16)(H,14,15). The first-order valence-electron chi connectivity index (χ1n) is 4.55. The van der Waals surface area contributed by atoms with Crippen LogP contribution in [0.5, 0.6) is 0 Å². The Bertz CT molecular complexity index is 387. The molecular formula is C8H13N5O3. The molecule has 8 heteroatoms. The molecule has 0 aliphatic carbocycles. The molecule has 0 aromatic carbocycles. The monoisotopic (exact) mass is 227 g/mol. The van der Waals surface area contributed by atoms with Gasteiger partial charge in [-0.05, 0) is 0 Å². The highest BCUT2D eigenvalue weighted by molar-refractivity contribution is 5.73. The second kappa shape index (κ2) is 5.10. The molecule has 8 nitrogen and oxygen atoms in total. The van der Waals surface area contributed by atoms with Crippen LogP contribution in [0.25, 0.3) is 0 Å². The molecule has 0 saturated heterocycles. The lowest BCUT2D eigenvalue weighted by Gasteiger charge is -2.10. The van der Waals surface area contributed by atoms with Gasteiger partial charge in [0.05, 0.1) is 12.7 Å². The number of hydrogen-bond acceptors (Lipinski definition) is 4. The number of aromatic nitrogens is 3. The van der Waals surface area contributed by atoms with Gasteiger partial charge < -0.3 is 15.3 Å². The Morgan fingerprint density at radius 2 is 2.25 bits per heavy atom. The van der Waals surface area contributed by atoms with Crippen LogP contribution in [-0.2, 0) is 17.9 Å². The smallest absolute Gasteiger partial charge is 0.325 e. The summed E-state index contributed by atoms with van der Waals surface area (Å²) in [7, 11) is 3.24. The quantitative estimate of drug-likeness (QED) is 0.696. The number of carbonyl (C=O) groups is 2. The third-order valence-electron chi connectivity index (χ3n) is 1.71. The van der Waals surface area contributed by atoms with E-state index in [1.54, 1.807) is 14.1 Å². The van der Waals surface area contributed by atoms with Crippen LogP contribution in [0.1, 0.15) is 5.69 Å². The molecule has 0 aliphatic heterocycles. The Morgan fingerprint density at radius 3 is 2.81 bits per heavy atom. The van der Waals surface area contributed by atoms with Crippen LogP contribution < -0.4 is 5.32 Å². The minimum Gasteiger partial charge on any atom is -0.480 e. The van der Waals surface area contributed by atoms with Crippen LogP contribution in [-0.4, -0.2) is 51.1 Å². The molecule has 1 heterocycles. The van der Waals surface area contributed by atoms with Gasteiger partial charge in [-0.3, -0.25) is 4.79 Å². The summed E-state index contributed by atoms with van der Waals surface area (Å²) in [4.78, 5) is 22.9. The Morgan fingerprint density at radius 1 is 1.56 bits per heavy atom. The molecule has 88 valence electrons. The number of aliphatic carboxylic acids is 1. The summed E-state index contributed by atoms with van der Waals surface area (Å²) in [6.07, 6.45) is 1.48. The van der Waals surface area contributed by atoms with Crippen molar-refractivity contribution < 1.29 is 14.7 Å². The molecule has 2 N–H and O–H groups in total. The fourth-order valence-corrected chi connectivity index (χ4v) is 0.960. The van der Waals surface area contributed by atoms with E-state index in [0.29, 0.717) is 5.69 Å². The van der Waals surface area contributed by atoms with E-state index in [4.69, 9.17) is 5.11 Å². The number of urea groups is 1. The lowest BCUT2D eigenvalue weighted by molar-refractivity contribution is -0.137. The largest absolute Gasteiger partial charge is 0.480 e. The van der Waals surface area contributed by atoms with Crippen molar-refractivity contribution in [2.75, 3.05) is 14.1 Å². The maximum absolute atomic E-state index is 11.2. The van der Waals surface area contributed by atoms with Crippen molar-refractivity contribution in [1.82, 2.24) is 25.2 Å². The molecule has 1 aromatic heterocycles. The highest BCUT2D eigenvalue weighted by atomic mass is 16.4. The summed E-state index contributed by atoms with van der Waals surface area (Å²) < 4.78 is 1.19. The molecule has 0 fully saturated rings. The Balaban J connectivity index is 2.46. The second-order valence-electron chi connectivity index (χ2n) is 3.35. The topological polar surface area (TPSA) is 100 Å². The van der Waals surface area contributed by atoms with Gasteiger partial charge in [-0.15, -0.1) is 5.10 Å². The number of amides is 2. The summed E-state index contributed by atoms with van der Waals surface area (Å²) in [6, 6.07) is -0.243. The van der Waals surface area contributed by atoms with Gasteiger partial charge >= 0.3 is 12.0 Å². The predicted octanol–water partition coefficient (Wildman–Crippen LogP) is -0.866. The third kappa shape index (κ3) is 3.56. The number of carboxylic acids is 1. The lowest BCUT2D eigenvalue weighted by atomic mass is 10.4. The molecular weight excluding hydrogens is 214 g/mol. The zero-order valence-electron chi connectivity index (χ0n) is 9.04. The molecule has 16 heavy (non-hydrogen) atoms. The molecule has 0 bridgehead atoms. The first kappa shape index (κ1) is 12.0. The molecule has 0 radical (unpaired) electrons. The molecule has 0 aliphatic rings. The zero-order valence-corrected chi connectivity index (χ0v) is 9.04. The van der Waals surface area contributed by atoms with Gasteiger partial charge in [-0.1, -0.05) is 5.21 Å². The lowest BCUT2D eigenvalue weighted by Crippen LogP contribution is -2.34. The number of nitrogens with one attached hydrogen (secondary N) is 1. The summed E-state index contributed by atoms with van der Waals surface area (Å²) in [5, 5.41) is 18.4. The minimum atomic E-state index is -0.992. The van der Waals surface area contributed by atoms with E-state index in [1.165, 1.54) is 15.8 Å². The molecule has 1 aromatic rings. The van der Waals surface area contributed by atoms with Gasteiger partial charge in [0.15, 0.2) is 0 Å². The summed E-state index contributed by atoms with van der Waals surface area (Å²) in [5.74, 6) is -0.992. The average molecular weight is 227 g/mol. The number of carbonyl (C=O) groups excluding carboxylic acids is 1. The summed E-state index contributed by atoms with van der Waals surface area (Å²) in [6.45, 7) is -0.0226.